The van der Waals surface area contributed by atoms with Gasteiger partial charge in [0, 0.05) is 9.26 Å². The Morgan fingerprint density at radius 3 is 2.96 bits per heavy atom. The van der Waals surface area contributed by atoms with Crippen molar-refractivity contribution in [3.05, 3.63) is 27.3 Å². The molecule has 122 valence electrons. The highest BCUT2D eigenvalue weighted by Gasteiger charge is 2.22. The predicted octanol–water partition coefficient (Wildman–Crippen LogP) is 3.43. The van der Waals surface area contributed by atoms with Gasteiger partial charge < -0.3 is 5.32 Å². The molecule has 1 fully saturated rings. The zero-order valence-electron chi connectivity index (χ0n) is 12.8. The molecular formula is C15H18IN5OS. The Morgan fingerprint density at radius 1 is 1.43 bits per heavy atom. The fourth-order valence-corrected chi connectivity index (χ4v) is 3.92. The molecule has 0 saturated heterocycles. The number of rotatable bonds is 5. The lowest BCUT2D eigenvalue weighted by molar-refractivity contribution is -0.113. The van der Waals surface area contributed by atoms with E-state index >= 15 is 0 Å². The number of nitrogens with one attached hydrogen (secondary N) is 1. The van der Waals surface area contributed by atoms with Gasteiger partial charge in [-0.1, -0.05) is 30.7 Å². The molecule has 2 aromatic rings. The van der Waals surface area contributed by atoms with Gasteiger partial charge in [-0.15, -0.1) is 5.10 Å². The topological polar surface area (TPSA) is 72.7 Å². The lowest BCUT2D eigenvalue weighted by Crippen LogP contribution is -2.15. The van der Waals surface area contributed by atoms with Crippen molar-refractivity contribution >= 4 is 45.9 Å². The lowest BCUT2D eigenvalue weighted by Gasteiger charge is -2.11. The minimum atomic E-state index is -0.0457. The lowest BCUT2D eigenvalue weighted by atomic mass is 10.2. The minimum absolute atomic E-state index is 0.0457. The first-order chi connectivity index (χ1) is 11.1. The van der Waals surface area contributed by atoms with E-state index in [4.69, 9.17) is 0 Å². The summed E-state index contributed by atoms with van der Waals surface area (Å²) >= 11 is 3.65. The number of amides is 1. The Hall–Kier alpha value is -1.16. The highest BCUT2D eigenvalue weighted by molar-refractivity contribution is 14.1. The SMILES string of the molecule is Cc1ccc(NC(=O)CSc2nnnn2C2CCCC2)cc1I. The summed E-state index contributed by atoms with van der Waals surface area (Å²) in [6.07, 6.45) is 4.68. The fourth-order valence-electron chi connectivity index (χ4n) is 2.66. The van der Waals surface area contributed by atoms with Crippen LogP contribution in [0.3, 0.4) is 0 Å². The van der Waals surface area contributed by atoms with Gasteiger partial charge in [0.15, 0.2) is 0 Å². The quantitative estimate of drug-likeness (QED) is 0.567. The number of aromatic nitrogens is 4. The largest absolute Gasteiger partial charge is 0.325 e. The molecule has 3 rings (SSSR count). The summed E-state index contributed by atoms with van der Waals surface area (Å²) in [5, 5.41) is 15.5. The fraction of sp³-hybridized carbons (Fsp3) is 0.467. The van der Waals surface area contributed by atoms with Crippen LogP contribution in [0.1, 0.15) is 37.3 Å². The van der Waals surface area contributed by atoms with E-state index in [1.54, 1.807) is 0 Å². The smallest absolute Gasteiger partial charge is 0.234 e. The van der Waals surface area contributed by atoms with Gasteiger partial charge in [0.05, 0.1) is 11.8 Å². The molecule has 8 heteroatoms. The highest BCUT2D eigenvalue weighted by Crippen LogP contribution is 2.31. The summed E-state index contributed by atoms with van der Waals surface area (Å²) in [5.74, 6) is 0.257. The van der Waals surface area contributed by atoms with E-state index in [0.29, 0.717) is 11.8 Å². The molecule has 23 heavy (non-hydrogen) atoms. The van der Waals surface area contributed by atoms with Crippen LogP contribution in [0.25, 0.3) is 0 Å². The van der Waals surface area contributed by atoms with E-state index in [-0.39, 0.29) is 5.91 Å². The monoisotopic (exact) mass is 443 g/mol. The molecule has 0 atom stereocenters. The molecule has 1 N–H and O–H groups in total. The van der Waals surface area contributed by atoms with Crippen molar-refractivity contribution in [1.29, 1.82) is 0 Å². The number of aryl methyl sites for hydroxylation is 1. The second-order valence-electron chi connectivity index (χ2n) is 5.65. The Morgan fingerprint density at radius 2 is 2.22 bits per heavy atom. The van der Waals surface area contributed by atoms with Crippen LogP contribution in [0.4, 0.5) is 5.69 Å². The average molecular weight is 443 g/mol. The van der Waals surface area contributed by atoms with Crippen LogP contribution in [-0.2, 0) is 4.79 Å². The number of benzene rings is 1. The minimum Gasteiger partial charge on any atom is -0.325 e. The average Bonchev–Trinajstić information content (AvgIpc) is 3.19. The number of anilines is 1. The van der Waals surface area contributed by atoms with Crippen LogP contribution in [0.2, 0.25) is 0 Å². The summed E-state index contributed by atoms with van der Waals surface area (Å²) < 4.78 is 3.01. The number of hydrogen-bond donors (Lipinski definition) is 1. The van der Waals surface area contributed by atoms with E-state index < -0.39 is 0 Å². The van der Waals surface area contributed by atoms with Crippen LogP contribution in [0.15, 0.2) is 23.4 Å². The second-order valence-corrected chi connectivity index (χ2v) is 7.75. The van der Waals surface area contributed by atoms with Crippen LogP contribution >= 0.6 is 34.4 Å². The van der Waals surface area contributed by atoms with E-state index in [2.05, 4.69) is 43.4 Å². The van der Waals surface area contributed by atoms with Crippen LogP contribution in [0.5, 0.6) is 0 Å². The first kappa shape index (κ1) is 16.7. The third-order valence-electron chi connectivity index (χ3n) is 3.92. The molecule has 6 nitrogen and oxygen atoms in total. The standard InChI is InChI=1S/C15H18IN5OS/c1-10-6-7-11(8-13(10)16)17-14(22)9-23-15-18-19-20-21(15)12-4-2-3-5-12/h6-8,12H,2-5,9H2,1H3,(H,17,22). The second kappa shape index (κ2) is 7.61. The zero-order chi connectivity index (χ0) is 16.2. The number of carbonyl (C=O) groups excluding carboxylic acids is 1. The van der Waals surface area contributed by atoms with Gasteiger partial charge in [0.25, 0.3) is 0 Å². The molecule has 0 aliphatic heterocycles. The Labute approximate surface area is 152 Å². The van der Waals surface area contributed by atoms with Crippen molar-refractivity contribution < 1.29 is 4.79 Å². The predicted molar refractivity (Wildman–Crippen MR) is 98.6 cm³/mol. The number of hydrogen-bond acceptors (Lipinski definition) is 5. The zero-order valence-corrected chi connectivity index (χ0v) is 15.8. The van der Waals surface area contributed by atoms with Gasteiger partial charge in [-0.25, -0.2) is 4.68 Å². The van der Waals surface area contributed by atoms with Crippen molar-refractivity contribution in [1.82, 2.24) is 20.2 Å². The van der Waals surface area contributed by atoms with Gasteiger partial charge in [-0.3, -0.25) is 4.79 Å². The van der Waals surface area contributed by atoms with Crippen LogP contribution < -0.4 is 5.32 Å². The molecule has 1 aliphatic rings. The number of nitrogens with zero attached hydrogens (tertiary/aromatic N) is 4. The van der Waals surface area contributed by atoms with Crippen molar-refractivity contribution in [3.63, 3.8) is 0 Å². The molecule has 0 bridgehead atoms. The number of tetrazole rings is 1. The Bertz CT molecular complexity index is 699. The van der Waals surface area contributed by atoms with E-state index in [1.807, 2.05) is 29.8 Å². The third-order valence-corrected chi connectivity index (χ3v) is 6.02. The summed E-state index contributed by atoms with van der Waals surface area (Å²) in [4.78, 5) is 12.1. The van der Waals surface area contributed by atoms with Crippen LogP contribution in [-0.4, -0.2) is 31.9 Å². The first-order valence-corrected chi connectivity index (χ1v) is 9.66. The van der Waals surface area contributed by atoms with Crippen molar-refractivity contribution in [2.75, 3.05) is 11.1 Å². The molecule has 0 spiro atoms. The van der Waals surface area contributed by atoms with Crippen molar-refractivity contribution in [2.45, 2.75) is 43.8 Å². The molecule has 1 heterocycles. The van der Waals surface area contributed by atoms with Crippen molar-refractivity contribution in [2.24, 2.45) is 0 Å². The summed E-state index contributed by atoms with van der Waals surface area (Å²) in [7, 11) is 0. The van der Waals surface area contributed by atoms with E-state index in [1.165, 1.54) is 30.2 Å². The first-order valence-electron chi connectivity index (χ1n) is 7.60. The number of thioether (sulfide) groups is 1. The van der Waals surface area contributed by atoms with E-state index in [9.17, 15) is 4.79 Å². The molecular weight excluding hydrogens is 425 g/mol. The maximum Gasteiger partial charge on any atom is 0.234 e. The molecule has 1 amide bonds. The summed E-state index contributed by atoms with van der Waals surface area (Å²) in [6, 6.07) is 6.28. The number of carbonyl (C=O) groups is 1. The molecule has 0 radical (unpaired) electrons. The van der Waals surface area contributed by atoms with Gasteiger partial charge in [-0.05, 0) is 70.5 Å². The molecule has 1 aromatic carbocycles. The third kappa shape index (κ3) is 4.23. The van der Waals surface area contributed by atoms with Crippen molar-refractivity contribution in [3.8, 4) is 0 Å². The van der Waals surface area contributed by atoms with Gasteiger partial charge >= 0.3 is 0 Å². The highest BCUT2D eigenvalue weighted by atomic mass is 127. The van der Waals surface area contributed by atoms with Gasteiger partial charge in [0.2, 0.25) is 11.1 Å². The normalized spacial score (nSPS) is 15.0. The van der Waals surface area contributed by atoms with Gasteiger partial charge in [-0.2, -0.15) is 0 Å². The summed E-state index contributed by atoms with van der Waals surface area (Å²) in [5.41, 5.74) is 2.02. The Kier molecular flexibility index (Phi) is 5.52. The molecule has 0 unspecified atom stereocenters. The Balaban J connectivity index is 1.57. The molecule has 1 saturated carbocycles. The summed E-state index contributed by atoms with van der Waals surface area (Å²) in [6.45, 7) is 2.05. The number of halogens is 1. The molecule has 1 aromatic heterocycles. The maximum atomic E-state index is 12.1. The van der Waals surface area contributed by atoms with Gasteiger partial charge in [0.1, 0.15) is 0 Å². The molecule has 1 aliphatic carbocycles. The van der Waals surface area contributed by atoms with E-state index in [0.717, 1.165) is 27.3 Å². The van der Waals surface area contributed by atoms with Crippen LogP contribution in [0, 0.1) is 10.5 Å². The maximum absolute atomic E-state index is 12.1.